The van der Waals surface area contributed by atoms with E-state index in [-0.39, 0.29) is 11.1 Å². The van der Waals surface area contributed by atoms with Crippen molar-refractivity contribution in [2.75, 3.05) is 5.32 Å². The van der Waals surface area contributed by atoms with Crippen molar-refractivity contribution in [1.82, 2.24) is 9.59 Å². The number of anilines is 1. The molecule has 0 spiro atoms. The van der Waals surface area contributed by atoms with Gasteiger partial charge in [-0.3, -0.25) is 4.79 Å². The Morgan fingerprint density at radius 3 is 2.70 bits per heavy atom. The number of hydrogen-bond donors (Lipinski definition) is 1. The molecular formula is C13H13BrFN3OS. The second-order valence-electron chi connectivity index (χ2n) is 5.28. The molecular weight excluding hydrogens is 345 g/mol. The Balaban J connectivity index is 2.27. The lowest BCUT2D eigenvalue weighted by Crippen LogP contribution is -2.20. The molecule has 0 radical (unpaired) electrons. The standard InChI is InChI=1S/C13H13BrFN3OS/c1-13(2,3)11-10(20-18-17-11)12(19)16-9-5-4-7(14)6-8(9)15/h4-6H,1-3H3,(H,16,19). The molecule has 0 saturated carbocycles. The van der Waals surface area contributed by atoms with Crippen LogP contribution >= 0.6 is 27.5 Å². The van der Waals surface area contributed by atoms with Crippen LogP contribution in [0.15, 0.2) is 22.7 Å². The Hall–Kier alpha value is -1.34. The first kappa shape index (κ1) is 15.1. The van der Waals surface area contributed by atoms with Crippen molar-refractivity contribution in [3.8, 4) is 0 Å². The molecule has 0 saturated heterocycles. The quantitative estimate of drug-likeness (QED) is 0.883. The maximum absolute atomic E-state index is 13.7. The number of benzene rings is 1. The van der Waals surface area contributed by atoms with Gasteiger partial charge in [0.1, 0.15) is 10.7 Å². The molecule has 1 heterocycles. The van der Waals surface area contributed by atoms with Crippen LogP contribution in [0.2, 0.25) is 0 Å². The summed E-state index contributed by atoms with van der Waals surface area (Å²) >= 11 is 4.18. The van der Waals surface area contributed by atoms with Crippen LogP contribution in [-0.2, 0) is 5.41 Å². The zero-order chi connectivity index (χ0) is 14.9. The van der Waals surface area contributed by atoms with Crippen LogP contribution in [0, 0.1) is 5.82 Å². The van der Waals surface area contributed by atoms with E-state index < -0.39 is 11.7 Å². The van der Waals surface area contributed by atoms with Gasteiger partial charge in [-0.15, -0.1) is 5.10 Å². The highest BCUT2D eigenvalue weighted by Crippen LogP contribution is 2.27. The number of aromatic nitrogens is 2. The first-order valence-electron chi connectivity index (χ1n) is 5.88. The van der Waals surface area contributed by atoms with Crippen molar-refractivity contribution in [2.45, 2.75) is 26.2 Å². The molecule has 1 aromatic carbocycles. The Labute approximate surface area is 128 Å². The molecule has 0 unspecified atom stereocenters. The second kappa shape index (κ2) is 5.57. The number of carbonyl (C=O) groups is 1. The van der Waals surface area contributed by atoms with Gasteiger partial charge >= 0.3 is 0 Å². The fourth-order valence-electron chi connectivity index (χ4n) is 1.60. The molecule has 1 N–H and O–H groups in total. The van der Waals surface area contributed by atoms with Crippen LogP contribution in [0.25, 0.3) is 0 Å². The molecule has 4 nitrogen and oxygen atoms in total. The van der Waals surface area contributed by atoms with E-state index in [1.165, 1.54) is 12.1 Å². The Morgan fingerprint density at radius 1 is 1.40 bits per heavy atom. The number of amides is 1. The number of rotatable bonds is 2. The van der Waals surface area contributed by atoms with Gasteiger partial charge in [-0.2, -0.15) is 0 Å². The lowest BCUT2D eigenvalue weighted by molar-refractivity contribution is 0.102. The Bertz CT molecular complexity index is 651. The van der Waals surface area contributed by atoms with Gasteiger partial charge in [0.05, 0.1) is 11.4 Å². The maximum atomic E-state index is 13.7. The largest absolute Gasteiger partial charge is 0.319 e. The summed E-state index contributed by atoms with van der Waals surface area (Å²) in [5.74, 6) is -0.895. The second-order valence-corrected chi connectivity index (χ2v) is 6.95. The minimum Gasteiger partial charge on any atom is -0.319 e. The Morgan fingerprint density at radius 2 is 2.10 bits per heavy atom. The molecule has 20 heavy (non-hydrogen) atoms. The third-order valence-electron chi connectivity index (χ3n) is 2.58. The number of nitrogens with zero attached hydrogens (tertiary/aromatic N) is 2. The van der Waals surface area contributed by atoms with E-state index in [4.69, 9.17) is 0 Å². The van der Waals surface area contributed by atoms with Gasteiger partial charge in [0, 0.05) is 9.89 Å². The van der Waals surface area contributed by atoms with Crippen LogP contribution in [0.4, 0.5) is 10.1 Å². The van der Waals surface area contributed by atoms with Gasteiger partial charge in [-0.25, -0.2) is 4.39 Å². The maximum Gasteiger partial charge on any atom is 0.269 e. The fourth-order valence-corrected chi connectivity index (χ4v) is 2.70. The van der Waals surface area contributed by atoms with E-state index in [1.807, 2.05) is 20.8 Å². The number of carbonyl (C=O) groups excluding carboxylic acids is 1. The zero-order valence-corrected chi connectivity index (χ0v) is 13.6. The van der Waals surface area contributed by atoms with E-state index in [2.05, 4.69) is 30.8 Å². The van der Waals surface area contributed by atoms with Crippen LogP contribution in [0.1, 0.15) is 36.1 Å². The summed E-state index contributed by atoms with van der Waals surface area (Å²) in [6.07, 6.45) is 0. The van der Waals surface area contributed by atoms with Crippen LogP contribution < -0.4 is 5.32 Å². The van der Waals surface area contributed by atoms with Crippen LogP contribution in [0.5, 0.6) is 0 Å². The predicted molar refractivity (Wildman–Crippen MR) is 80.7 cm³/mol. The van der Waals surface area contributed by atoms with E-state index in [0.29, 0.717) is 15.0 Å². The summed E-state index contributed by atoms with van der Waals surface area (Å²) in [6.45, 7) is 5.84. The zero-order valence-electron chi connectivity index (χ0n) is 11.2. The van der Waals surface area contributed by atoms with Crippen molar-refractivity contribution < 1.29 is 9.18 Å². The summed E-state index contributed by atoms with van der Waals surface area (Å²) in [4.78, 5) is 12.6. The summed E-state index contributed by atoms with van der Waals surface area (Å²) < 4.78 is 18.1. The topological polar surface area (TPSA) is 54.9 Å². The molecule has 0 aliphatic rings. The van der Waals surface area contributed by atoms with Gasteiger partial charge < -0.3 is 5.32 Å². The first-order valence-corrected chi connectivity index (χ1v) is 7.45. The highest BCUT2D eigenvalue weighted by molar-refractivity contribution is 9.10. The minimum absolute atomic E-state index is 0.131. The van der Waals surface area contributed by atoms with Gasteiger partial charge in [0.15, 0.2) is 0 Å². The summed E-state index contributed by atoms with van der Waals surface area (Å²) in [7, 11) is 0. The SMILES string of the molecule is CC(C)(C)c1nnsc1C(=O)Nc1ccc(Br)cc1F. The minimum atomic E-state index is -0.498. The van der Waals surface area contributed by atoms with E-state index in [1.54, 1.807) is 6.07 Å². The van der Waals surface area contributed by atoms with Crippen molar-refractivity contribution in [1.29, 1.82) is 0 Å². The molecule has 0 aliphatic carbocycles. The lowest BCUT2D eigenvalue weighted by atomic mass is 9.91. The predicted octanol–water partition coefficient (Wildman–Crippen LogP) is 3.99. The number of hydrogen-bond acceptors (Lipinski definition) is 4. The summed E-state index contributed by atoms with van der Waals surface area (Å²) in [5, 5.41) is 6.54. The van der Waals surface area contributed by atoms with Crippen LogP contribution in [-0.4, -0.2) is 15.5 Å². The molecule has 0 bridgehead atoms. The Kier molecular flexibility index (Phi) is 4.19. The number of nitrogens with one attached hydrogen (secondary N) is 1. The third kappa shape index (κ3) is 3.21. The average molecular weight is 358 g/mol. The van der Waals surface area contributed by atoms with Gasteiger partial charge in [-0.1, -0.05) is 41.2 Å². The van der Waals surface area contributed by atoms with E-state index >= 15 is 0 Å². The van der Waals surface area contributed by atoms with Gasteiger partial charge in [0.25, 0.3) is 5.91 Å². The molecule has 1 aromatic heterocycles. The van der Waals surface area contributed by atoms with Gasteiger partial charge in [0.2, 0.25) is 0 Å². The molecule has 0 aliphatic heterocycles. The molecule has 2 rings (SSSR count). The van der Waals surface area contributed by atoms with Gasteiger partial charge in [-0.05, 0) is 29.7 Å². The summed E-state index contributed by atoms with van der Waals surface area (Å²) in [5.41, 5.74) is 0.446. The van der Waals surface area contributed by atoms with Crippen molar-refractivity contribution in [2.24, 2.45) is 0 Å². The van der Waals surface area contributed by atoms with Crippen molar-refractivity contribution >= 4 is 39.1 Å². The van der Waals surface area contributed by atoms with E-state index in [9.17, 15) is 9.18 Å². The van der Waals surface area contributed by atoms with Crippen molar-refractivity contribution in [3.63, 3.8) is 0 Å². The normalized spacial score (nSPS) is 11.4. The molecule has 0 fully saturated rings. The molecule has 0 atom stereocenters. The molecule has 7 heteroatoms. The smallest absolute Gasteiger partial charge is 0.269 e. The summed E-state index contributed by atoms with van der Waals surface area (Å²) in [6, 6.07) is 4.46. The van der Waals surface area contributed by atoms with Crippen LogP contribution in [0.3, 0.4) is 0 Å². The molecule has 1 amide bonds. The third-order valence-corrected chi connectivity index (χ3v) is 3.80. The monoisotopic (exact) mass is 357 g/mol. The molecule has 106 valence electrons. The molecule has 2 aromatic rings. The lowest BCUT2D eigenvalue weighted by Gasteiger charge is -2.16. The highest BCUT2D eigenvalue weighted by atomic mass is 79.9. The average Bonchev–Trinajstić information content (AvgIpc) is 2.81. The first-order chi connectivity index (χ1) is 9.29. The highest BCUT2D eigenvalue weighted by Gasteiger charge is 2.26. The van der Waals surface area contributed by atoms with Crippen molar-refractivity contribution in [3.05, 3.63) is 39.1 Å². The van der Waals surface area contributed by atoms with E-state index in [0.717, 1.165) is 11.5 Å². The fraction of sp³-hybridized carbons (Fsp3) is 0.308. The number of halogens is 2.